The largest absolute Gasteiger partial charge is 0.468 e. The van der Waals surface area contributed by atoms with E-state index in [0.29, 0.717) is 25.9 Å². The summed E-state index contributed by atoms with van der Waals surface area (Å²) in [6.07, 6.45) is 0.382. The Morgan fingerprint density at radius 3 is 2.11 bits per heavy atom. The van der Waals surface area contributed by atoms with Crippen molar-refractivity contribution < 1.29 is 19.1 Å². The van der Waals surface area contributed by atoms with Gasteiger partial charge in [0.05, 0.1) is 7.11 Å². The number of piperidine rings is 1. The molecule has 0 aliphatic carbocycles. The number of likely N-dealkylation sites (tertiary alicyclic amines) is 1. The highest BCUT2D eigenvalue weighted by Gasteiger charge is 2.42. The van der Waals surface area contributed by atoms with Crippen LogP contribution in [0, 0.1) is 0 Å². The lowest BCUT2D eigenvalue weighted by atomic mass is 9.96. The lowest BCUT2D eigenvalue weighted by Gasteiger charge is -2.36. The fourth-order valence-electron chi connectivity index (χ4n) is 1.76. The Morgan fingerprint density at radius 2 is 1.72 bits per heavy atom. The topological polar surface area (TPSA) is 55.8 Å². The average molecular weight is 278 g/mol. The summed E-state index contributed by atoms with van der Waals surface area (Å²) >= 11 is 6.18. The monoisotopic (exact) mass is 277 g/mol. The number of carbonyl (C=O) groups excluding carboxylic acids is 2. The molecule has 0 aromatic rings. The molecule has 1 aliphatic rings. The molecule has 0 saturated carbocycles. The summed E-state index contributed by atoms with van der Waals surface area (Å²) < 4.78 is 9.92. The van der Waals surface area contributed by atoms with Crippen LogP contribution in [0.25, 0.3) is 0 Å². The highest BCUT2D eigenvalue weighted by atomic mass is 35.5. The third-order valence-electron chi connectivity index (χ3n) is 2.76. The fraction of sp³-hybridized carbons (Fsp3) is 0.833. The lowest BCUT2D eigenvalue weighted by molar-refractivity contribution is -0.145. The molecule has 1 amide bonds. The Balaban J connectivity index is 2.54. The van der Waals surface area contributed by atoms with Crippen LogP contribution in [-0.4, -0.2) is 47.6 Å². The minimum Gasteiger partial charge on any atom is -0.468 e. The van der Waals surface area contributed by atoms with Gasteiger partial charge in [0.1, 0.15) is 10.5 Å². The van der Waals surface area contributed by atoms with E-state index in [1.54, 1.807) is 4.90 Å². The third-order valence-corrected chi connectivity index (χ3v) is 3.29. The second-order valence-corrected chi connectivity index (χ2v) is 6.15. The van der Waals surface area contributed by atoms with Crippen LogP contribution >= 0.6 is 11.6 Å². The van der Waals surface area contributed by atoms with Crippen LogP contribution in [0.4, 0.5) is 4.79 Å². The van der Waals surface area contributed by atoms with Gasteiger partial charge in [-0.2, -0.15) is 0 Å². The second kappa shape index (κ2) is 5.34. The number of hydrogen-bond acceptors (Lipinski definition) is 4. The molecule has 18 heavy (non-hydrogen) atoms. The fourth-order valence-corrected chi connectivity index (χ4v) is 2.00. The van der Waals surface area contributed by atoms with Gasteiger partial charge in [-0.25, -0.2) is 4.79 Å². The summed E-state index contributed by atoms with van der Waals surface area (Å²) in [7, 11) is 1.31. The number of nitrogens with zero attached hydrogens (tertiary/aromatic N) is 1. The van der Waals surface area contributed by atoms with E-state index in [2.05, 4.69) is 4.74 Å². The van der Waals surface area contributed by atoms with Crippen molar-refractivity contribution in [1.82, 2.24) is 4.90 Å². The number of amides is 1. The maximum atomic E-state index is 11.8. The van der Waals surface area contributed by atoms with Crippen LogP contribution in [0.3, 0.4) is 0 Å². The number of carbonyl (C=O) groups is 2. The van der Waals surface area contributed by atoms with Crippen molar-refractivity contribution in [3.8, 4) is 0 Å². The summed E-state index contributed by atoms with van der Waals surface area (Å²) in [5.41, 5.74) is -0.519. The third kappa shape index (κ3) is 3.77. The molecule has 1 aliphatic heterocycles. The van der Waals surface area contributed by atoms with Crippen molar-refractivity contribution in [2.75, 3.05) is 20.2 Å². The van der Waals surface area contributed by atoms with Gasteiger partial charge in [-0.1, -0.05) is 0 Å². The molecule has 0 unspecified atom stereocenters. The van der Waals surface area contributed by atoms with Gasteiger partial charge in [-0.15, -0.1) is 11.6 Å². The van der Waals surface area contributed by atoms with E-state index in [0.717, 1.165) is 0 Å². The minimum atomic E-state index is -1.01. The molecule has 0 atom stereocenters. The summed E-state index contributed by atoms with van der Waals surface area (Å²) in [6.45, 7) is 6.24. The molecule has 5 nitrogen and oxygen atoms in total. The number of alkyl halides is 1. The molecule has 0 spiro atoms. The van der Waals surface area contributed by atoms with Gasteiger partial charge in [0.25, 0.3) is 0 Å². The van der Waals surface area contributed by atoms with E-state index in [4.69, 9.17) is 16.3 Å². The number of halogens is 1. The first-order valence-electron chi connectivity index (χ1n) is 5.93. The van der Waals surface area contributed by atoms with E-state index >= 15 is 0 Å². The summed E-state index contributed by atoms with van der Waals surface area (Å²) in [6, 6.07) is 0. The van der Waals surface area contributed by atoms with Crippen LogP contribution in [0.5, 0.6) is 0 Å². The number of ether oxygens (including phenoxy) is 2. The molecule has 0 aromatic carbocycles. The number of rotatable bonds is 1. The van der Waals surface area contributed by atoms with Crippen LogP contribution in [0.1, 0.15) is 33.6 Å². The van der Waals surface area contributed by atoms with E-state index in [1.165, 1.54) is 7.11 Å². The van der Waals surface area contributed by atoms with E-state index in [9.17, 15) is 9.59 Å². The van der Waals surface area contributed by atoms with Crippen LogP contribution in [0.2, 0.25) is 0 Å². The zero-order chi connectivity index (χ0) is 14.0. The van der Waals surface area contributed by atoms with Crippen molar-refractivity contribution in [3.05, 3.63) is 0 Å². The Hall–Kier alpha value is -0.970. The smallest absolute Gasteiger partial charge is 0.410 e. The predicted octanol–water partition coefficient (Wildman–Crippen LogP) is 2.17. The van der Waals surface area contributed by atoms with Crippen LogP contribution < -0.4 is 0 Å². The van der Waals surface area contributed by atoms with Gasteiger partial charge in [-0.3, -0.25) is 4.79 Å². The molecule has 104 valence electrons. The zero-order valence-electron chi connectivity index (χ0n) is 11.3. The molecular weight excluding hydrogens is 258 g/mol. The standard InChI is InChI=1S/C12H20ClNO4/c1-11(2,3)18-10(16)14-7-5-12(13,6-8-14)9(15)17-4/h5-8H2,1-4H3. The van der Waals surface area contributed by atoms with E-state index in [1.807, 2.05) is 20.8 Å². The lowest BCUT2D eigenvalue weighted by Crippen LogP contribution is -2.49. The Morgan fingerprint density at radius 1 is 1.22 bits per heavy atom. The van der Waals surface area contributed by atoms with Crippen molar-refractivity contribution in [2.45, 2.75) is 44.1 Å². The highest BCUT2D eigenvalue weighted by Crippen LogP contribution is 2.31. The first-order chi connectivity index (χ1) is 8.18. The predicted molar refractivity (Wildman–Crippen MR) is 67.6 cm³/mol. The molecule has 1 saturated heterocycles. The summed E-state index contributed by atoms with van der Waals surface area (Å²) in [5.74, 6) is -0.437. The molecule has 0 N–H and O–H groups in total. The second-order valence-electron chi connectivity index (χ2n) is 5.42. The van der Waals surface area contributed by atoms with Crippen molar-refractivity contribution in [2.24, 2.45) is 0 Å². The normalized spacial score (nSPS) is 19.3. The van der Waals surface area contributed by atoms with E-state index < -0.39 is 16.4 Å². The van der Waals surface area contributed by atoms with Gasteiger partial charge in [0.15, 0.2) is 0 Å². The Kier molecular flexibility index (Phi) is 4.48. The number of esters is 1. The highest BCUT2D eigenvalue weighted by molar-refractivity contribution is 6.34. The van der Waals surface area contributed by atoms with E-state index in [-0.39, 0.29) is 6.09 Å². The number of hydrogen-bond donors (Lipinski definition) is 0. The molecular formula is C12H20ClNO4. The maximum absolute atomic E-state index is 11.8. The van der Waals surface area contributed by atoms with Crippen molar-refractivity contribution in [1.29, 1.82) is 0 Å². The van der Waals surface area contributed by atoms with Gasteiger partial charge >= 0.3 is 12.1 Å². The van der Waals surface area contributed by atoms with Crippen LogP contribution in [-0.2, 0) is 14.3 Å². The van der Waals surface area contributed by atoms with Gasteiger partial charge in [-0.05, 0) is 33.6 Å². The molecule has 1 heterocycles. The SMILES string of the molecule is COC(=O)C1(Cl)CCN(C(=O)OC(C)(C)C)CC1. The zero-order valence-corrected chi connectivity index (χ0v) is 12.0. The Labute approximate surface area is 112 Å². The van der Waals surface area contributed by atoms with Gasteiger partial charge in [0.2, 0.25) is 0 Å². The molecule has 0 bridgehead atoms. The maximum Gasteiger partial charge on any atom is 0.410 e. The average Bonchev–Trinajstić information content (AvgIpc) is 2.26. The molecule has 1 fully saturated rings. The molecule has 0 aromatic heterocycles. The first-order valence-corrected chi connectivity index (χ1v) is 6.31. The van der Waals surface area contributed by atoms with Gasteiger partial charge < -0.3 is 14.4 Å². The van der Waals surface area contributed by atoms with Crippen molar-refractivity contribution >= 4 is 23.7 Å². The minimum absolute atomic E-state index is 0.369. The van der Waals surface area contributed by atoms with Crippen molar-refractivity contribution in [3.63, 3.8) is 0 Å². The molecule has 1 rings (SSSR count). The molecule has 0 radical (unpaired) electrons. The number of methoxy groups -OCH3 is 1. The quantitative estimate of drug-likeness (QED) is 0.544. The Bertz CT molecular complexity index is 329. The summed E-state index contributed by atoms with van der Waals surface area (Å²) in [5, 5.41) is 0. The van der Waals surface area contributed by atoms with Gasteiger partial charge in [0, 0.05) is 13.1 Å². The van der Waals surface area contributed by atoms with Crippen LogP contribution in [0.15, 0.2) is 0 Å². The summed E-state index contributed by atoms with van der Waals surface area (Å²) in [4.78, 5) is 23.9. The first kappa shape index (κ1) is 15.1. The molecule has 6 heteroatoms.